The molecule has 2 nitrogen and oxygen atoms in total. The third-order valence-corrected chi connectivity index (χ3v) is 6.92. The number of unbranched alkanes of at least 4 members (excludes halogenated alkanes) is 16. The molecule has 0 aromatic heterocycles. The summed E-state index contributed by atoms with van der Waals surface area (Å²) in [5.74, 6) is 0. The lowest BCUT2D eigenvalue weighted by atomic mass is 10.0. The number of allylic oxidation sites excluding steroid dienone is 4. The molecule has 2 heteroatoms. The molecule has 0 aliphatic carbocycles. The lowest BCUT2D eigenvalue weighted by molar-refractivity contribution is 0.0721. The summed E-state index contributed by atoms with van der Waals surface area (Å²) < 4.78 is 6.04. The highest BCUT2D eigenvalue weighted by molar-refractivity contribution is 4.92. The second-order valence-electron chi connectivity index (χ2n) is 10.5. The summed E-state index contributed by atoms with van der Waals surface area (Å²) in [7, 11) is 4.42. The Balaban J connectivity index is 3.44. The molecular formula is C32H63NO. The molecule has 0 fully saturated rings. The van der Waals surface area contributed by atoms with E-state index in [1.807, 2.05) is 0 Å². The van der Waals surface area contributed by atoms with E-state index in [2.05, 4.69) is 57.1 Å². The Labute approximate surface area is 216 Å². The van der Waals surface area contributed by atoms with E-state index in [0.29, 0.717) is 6.04 Å². The molecule has 1 atom stereocenters. The number of rotatable bonds is 27. The Morgan fingerprint density at radius 2 is 1.03 bits per heavy atom. The van der Waals surface area contributed by atoms with Gasteiger partial charge in [0.15, 0.2) is 0 Å². The van der Waals surface area contributed by atoms with E-state index in [0.717, 1.165) is 19.6 Å². The second kappa shape index (κ2) is 28.6. The Hall–Kier alpha value is -0.600. The molecule has 0 N–H and O–H groups in total. The summed E-state index contributed by atoms with van der Waals surface area (Å²) in [5, 5.41) is 0. The van der Waals surface area contributed by atoms with Crippen molar-refractivity contribution in [2.75, 3.05) is 27.3 Å². The van der Waals surface area contributed by atoms with Crippen molar-refractivity contribution >= 4 is 0 Å². The number of likely N-dealkylation sites (N-methyl/N-ethyl adjacent to an activating group) is 1. The number of hydrogen-bond donors (Lipinski definition) is 0. The molecule has 0 saturated carbocycles. The normalized spacial score (nSPS) is 13.1. The lowest BCUT2D eigenvalue weighted by Gasteiger charge is -2.24. The first-order valence-corrected chi connectivity index (χ1v) is 15.3. The van der Waals surface area contributed by atoms with Crippen molar-refractivity contribution in [1.82, 2.24) is 4.90 Å². The van der Waals surface area contributed by atoms with Crippen LogP contribution in [-0.2, 0) is 4.74 Å². The van der Waals surface area contributed by atoms with Gasteiger partial charge in [0.05, 0.1) is 6.61 Å². The Morgan fingerprint density at radius 3 is 1.62 bits per heavy atom. The zero-order valence-electron chi connectivity index (χ0n) is 24.0. The minimum atomic E-state index is 0.588. The minimum absolute atomic E-state index is 0.588. The van der Waals surface area contributed by atoms with Gasteiger partial charge in [-0.2, -0.15) is 0 Å². The van der Waals surface area contributed by atoms with Crippen molar-refractivity contribution in [2.45, 2.75) is 155 Å². The van der Waals surface area contributed by atoms with Crippen LogP contribution in [0.3, 0.4) is 0 Å². The Kier molecular flexibility index (Phi) is 28.1. The molecule has 202 valence electrons. The molecule has 0 aromatic rings. The predicted octanol–water partition coefficient (Wildman–Crippen LogP) is 10.3. The Bertz CT molecular complexity index is 429. The standard InChI is InChI=1S/C32H63NO/c1-5-7-9-11-13-15-16-17-18-19-20-21-22-24-26-28-30-34-31-32(33(3)4)29-27-25-23-14-12-10-8-6-2/h13,15,17-18,32H,5-12,14,16,19-31H2,1-4H3. The van der Waals surface area contributed by atoms with Crippen LogP contribution in [0.4, 0.5) is 0 Å². The predicted molar refractivity (Wildman–Crippen MR) is 155 cm³/mol. The fraction of sp³-hybridized carbons (Fsp3) is 0.875. The van der Waals surface area contributed by atoms with Crippen LogP contribution in [0.2, 0.25) is 0 Å². The molecule has 0 spiro atoms. The summed E-state index contributed by atoms with van der Waals surface area (Å²) in [6, 6.07) is 0.588. The van der Waals surface area contributed by atoms with Crippen LogP contribution in [0.15, 0.2) is 24.3 Å². The molecule has 0 aromatic carbocycles. The molecule has 1 unspecified atom stereocenters. The van der Waals surface area contributed by atoms with Gasteiger partial charge in [0.2, 0.25) is 0 Å². The summed E-state index contributed by atoms with van der Waals surface area (Å²) in [6.07, 6.45) is 37.5. The van der Waals surface area contributed by atoms with Gasteiger partial charge in [0.1, 0.15) is 0 Å². The molecule has 0 amide bonds. The van der Waals surface area contributed by atoms with Crippen molar-refractivity contribution in [1.29, 1.82) is 0 Å². The molecule has 0 rings (SSSR count). The van der Waals surface area contributed by atoms with Gasteiger partial charge in [-0.25, -0.2) is 0 Å². The maximum atomic E-state index is 6.04. The smallest absolute Gasteiger partial charge is 0.0621 e. The van der Waals surface area contributed by atoms with Crippen LogP contribution in [0.1, 0.15) is 149 Å². The van der Waals surface area contributed by atoms with Crippen LogP contribution >= 0.6 is 0 Å². The fourth-order valence-corrected chi connectivity index (χ4v) is 4.42. The van der Waals surface area contributed by atoms with E-state index in [1.54, 1.807) is 0 Å². The van der Waals surface area contributed by atoms with Crippen molar-refractivity contribution in [2.24, 2.45) is 0 Å². The van der Waals surface area contributed by atoms with E-state index >= 15 is 0 Å². The molecule has 0 bridgehead atoms. The van der Waals surface area contributed by atoms with Gasteiger partial charge in [-0.3, -0.25) is 0 Å². The van der Waals surface area contributed by atoms with Gasteiger partial charge < -0.3 is 9.64 Å². The maximum absolute atomic E-state index is 6.04. The highest BCUT2D eigenvalue weighted by Crippen LogP contribution is 2.13. The third-order valence-electron chi connectivity index (χ3n) is 6.92. The highest BCUT2D eigenvalue weighted by Gasteiger charge is 2.11. The fourth-order valence-electron chi connectivity index (χ4n) is 4.42. The maximum Gasteiger partial charge on any atom is 0.0621 e. The quantitative estimate of drug-likeness (QED) is 0.0861. The van der Waals surface area contributed by atoms with Gasteiger partial charge in [-0.15, -0.1) is 0 Å². The van der Waals surface area contributed by atoms with Crippen molar-refractivity contribution < 1.29 is 4.74 Å². The molecule has 0 heterocycles. The zero-order valence-corrected chi connectivity index (χ0v) is 24.0. The van der Waals surface area contributed by atoms with Gasteiger partial charge in [0, 0.05) is 12.6 Å². The molecular weight excluding hydrogens is 414 g/mol. The summed E-state index contributed by atoms with van der Waals surface area (Å²) in [4.78, 5) is 2.36. The topological polar surface area (TPSA) is 12.5 Å². The average Bonchev–Trinajstić information content (AvgIpc) is 2.83. The van der Waals surface area contributed by atoms with Gasteiger partial charge in [-0.05, 0) is 59.0 Å². The molecule has 0 aliphatic heterocycles. The van der Waals surface area contributed by atoms with Crippen LogP contribution in [0, 0.1) is 0 Å². The van der Waals surface area contributed by atoms with Gasteiger partial charge in [0.25, 0.3) is 0 Å². The van der Waals surface area contributed by atoms with Crippen LogP contribution in [0.25, 0.3) is 0 Å². The molecule has 0 aliphatic rings. The first-order valence-electron chi connectivity index (χ1n) is 15.3. The van der Waals surface area contributed by atoms with Gasteiger partial charge in [-0.1, -0.05) is 128 Å². The first kappa shape index (κ1) is 33.4. The summed E-state index contributed by atoms with van der Waals surface area (Å²) in [5.41, 5.74) is 0. The zero-order chi connectivity index (χ0) is 25.0. The van der Waals surface area contributed by atoms with E-state index in [1.165, 1.54) is 128 Å². The van der Waals surface area contributed by atoms with Crippen LogP contribution in [0.5, 0.6) is 0 Å². The minimum Gasteiger partial charge on any atom is -0.380 e. The average molecular weight is 478 g/mol. The molecule has 0 radical (unpaired) electrons. The summed E-state index contributed by atoms with van der Waals surface area (Å²) >= 11 is 0. The molecule has 0 saturated heterocycles. The van der Waals surface area contributed by atoms with Crippen LogP contribution in [-0.4, -0.2) is 38.3 Å². The van der Waals surface area contributed by atoms with E-state index in [4.69, 9.17) is 4.74 Å². The number of ether oxygens (including phenoxy) is 1. The van der Waals surface area contributed by atoms with Crippen molar-refractivity contribution in [3.05, 3.63) is 24.3 Å². The highest BCUT2D eigenvalue weighted by atomic mass is 16.5. The third kappa shape index (κ3) is 26.0. The van der Waals surface area contributed by atoms with Crippen LogP contribution < -0.4 is 0 Å². The lowest BCUT2D eigenvalue weighted by Crippen LogP contribution is -2.32. The monoisotopic (exact) mass is 477 g/mol. The van der Waals surface area contributed by atoms with Crippen molar-refractivity contribution in [3.63, 3.8) is 0 Å². The first-order chi connectivity index (χ1) is 16.7. The van der Waals surface area contributed by atoms with Crippen molar-refractivity contribution in [3.8, 4) is 0 Å². The summed E-state index contributed by atoms with van der Waals surface area (Å²) in [6.45, 7) is 6.41. The largest absolute Gasteiger partial charge is 0.380 e. The Morgan fingerprint density at radius 1 is 0.559 bits per heavy atom. The number of hydrogen-bond acceptors (Lipinski definition) is 2. The van der Waals surface area contributed by atoms with E-state index in [-0.39, 0.29) is 0 Å². The SMILES string of the molecule is CCCCCC=CCC=CCCCCCCCCOCC(CCCCCCCCCC)N(C)C. The second-order valence-corrected chi connectivity index (χ2v) is 10.5. The van der Waals surface area contributed by atoms with Gasteiger partial charge >= 0.3 is 0 Å². The van der Waals surface area contributed by atoms with E-state index < -0.39 is 0 Å². The molecule has 34 heavy (non-hydrogen) atoms. The van der Waals surface area contributed by atoms with E-state index in [9.17, 15) is 0 Å². The number of nitrogens with zero attached hydrogens (tertiary/aromatic N) is 1.